The van der Waals surface area contributed by atoms with Crippen LogP contribution in [-0.4, -0.2) is 77.6 Å². The van der Waals surface area contributed by atoms with Crippen LogP contribution >= 0.6 is 46.4 Å². The first-order chi connectivity index (χ1) is 33.8. The van der Waals surface area contributed by atoms with Crippen LogP contribution in [0.3, 0.4) is 0 Å². The maximum atomic E-state index is 12.4. The summed E-state index contributed by atoms with van der Waals surface area (Å²) < 4.78 is 16.3. The van der Waals surface area contributed by atoms with E-state index < -0.39 is 0 Å². The Morgan fingerprint density at radius 3 is 1.79 bits per heavy atom. The number of hydrogen-bond donors (Lipinski definition) is 0. The fourth-order valence-corrected chi connectivity index (χ4v) is 11.4. The maximum absolute atomic E-state index is 12.4. The van der Waals surface area contributed by atoms with Gasteiger partial charge >= 0.3 is 0 Å². The Morgan fingerprint density at radius 1 is 0.700 bits per heavy atom. The molecule has 5 aromatic carbocycles. The van der Waals surface area contributed by atoms with E-state index in [1.807, 2.05) is 84.9 Å². The van der Waals surface area contributed by atoms with Crippen molar-refractivity contribution in [3.05, 3.63) is 153 Å². The molecule has 358 valence electrons. The zero-order valence-corrected chi connectivity index (χ0v) is 42.2. The molecule has 1 spiro atoms. The molecule has 2 aliphatic heterocycles. The van der Waals surface area contributed by atoms with E-state index in [0.29, 0.717) is 61.8 Å². The number of aryl methyl sites for hydroxylation is 1. The topological polar surface area (TPSA) is 120 Å². The van der Waals surface area contributed by atoms with Gasteiger partial charge in [0.15, 0.2) is 0 Å². The number of benzene rings is 5. The van der Waals surface area contributed by atoms with E-state index in [0.717, 1.165) is 106 Å². The molecule has 1 unspecified atom stereocenters. The summed E-state index contributed by atoms with van der Waals surface area (Å²) >= 11 is 26.6. The number of halogens is 4. The molecule has 1 saturated carbocycles. The molecule has 0 radical (unpaired) electrons. The summed E-state index contributed by atoms with van der Waals surface area (Å²) in [6.07, 6.45) is 10.9. The van der Waals surface area contributed by atoms with Crippen LogP contribution in [0.25, 0.3) is 44.1 Å². The molecule has 0 bridgehead atoms. The van der Waals surface area contributed by atoms with Crippen molar-refractivity contribution in [1.82, 2.24) is 24.8 Å². The number of aromatic nitrogens is 4. The molecule has 2 aromatic heterocycles. The first-order valence-electron chi connectivity index (χ1n) is 22.9. The second kappa shape index (κ2) is 20.2. The molecule has 10 rings (SSSR count). The number of fused-ring (bicyclic) bond motifs is 3. The van der Waals surface area contributed by atoms with Gasteiger partial charge in [0, 0.05) is 84.4 Å². The lowest BCUT2D eigenvalue weighted by molar-refractivity contribution is -0.125. The van der Waals surface area contributed by atoms with Gasteiger partial charge in [-0.1, -0.05) is 96.8 Å². The molecule has 4 heterocycles. The van der Waals surface area contributed by atoms with Gasteiger partial charge in [0.05, 0.1) is 52.5 Å². The lowest BCUT2D eigenvalue weighted by Crippen LogP contribution is -2.28. The third kappa shape index (κ3) is 9.28. The van der Waals surface area contributed by atoms with Crippen molar-refractivity contribution in [2.45, 2.75) is 44.9 Å². The van der Waals surface area contributed by atoms with Crippen molar-refractivity contribution < 1.29 is 23.8 Å². The maximum Gasteiger partial charge on any atom is 0.250 e. The number of anilines is 1. The van der Waals surface area contributed by atoms with Crippen molar-refractivity contribution in [1.29, 1.82) is 0 Å². The summed E-state index contributed by atoms with van der Waals surface area (Å²) in [7, 11) is 4.71. The van der Waals surface area contributed by atoms with Crippen molar-refractivity contribution >= 4 is 85.7 Å². The molecule has 70 heavy (non-hydrogen) atoms. The summed E-state index contributed by atoms with van der Waals surface area (Å²) in [6, 6.07) is 23.3. The monoisotopic (exact) mass is 1010 g/mol. The molecule has 1 saturated heterocycles. The number of likely N-dealkylation sites (tertiary alicyclic amines) is 1. The van der Waals surface area contributed by atoms with E-state index in [-0.39, 0.29) is 23.1 Å². The minimum absolute atomic E-state index is 0.00669. The van der Waals surface area contributed by atoms with Crippen molar-refractivity contribution in [2.75, 3.05) is 45.9 Å². The fraction of sp³-hybridized carbons (Fsp3) is 0.273. The Kier molecular flexibility index (Phi) is 14.1. The Bertz CT molecular complexity index is 3180. The molecule has 11 nitrogen and oxygen atoms in total. The number of carbonyl (C=O) groups is 2. The summed E-state index contributed by atoms with van der Waals surface area (Å²) in [6.45, 7) is 11.4. The number of amides is 2. The molecular formula is C55H50Cl4N6O5. The molecule has 0 N–H and O–H groups in total. The first kappa shape index (κ1) is 48.8. The van der Waals surface area contributed by atoms with Crippen LogP contribution in [-0.2, 0) is 28.9 Å². The van der Waals surface area contributed by atoms with E-state index >= 15 is 0 Å². The highest BCUT2D eigenvalue weighted by Gasteiger charge is 2.55. The van der Waals surface area contributed by atoms with Crippen LogP contribution in [0.5, 0.6) is 17.2 Å². The first-order valence-corrected chi connectivity index (χ1v) is 24.5. The quantitative estimate of drug-likeness (QED) is 0.110. The van der Waals surface area contributed by atoms with Gasteiger partial charge in [0.25, 0.3) is 0 Å². The molecular weight excluding hydrogens is 966 g/mol. The molecule has 2 fully saturated rings. The van der Waals surface area contributed by atoms with Crippen LogP contribution in [0, 0.1) is 11.3 Å². The number of rotatable bonds is 12. The number of methoxy groups -OCH3 is 3. The van der Waals surface area contributed by atoms with Crippen LogP contribution in [0.15, 0.2) is 111 Å². The van der Waals surface area contributed by atoms with Crippen molar-refractivity contribution in [3.8, 4) is 39.5 Å². The summed E-state index contributed by atoms with van der Waals surface area (Å²) in [5, 5.41) is 3.71. The van der Waals surface area contributed by atoms with Gasteiger partial charge in [0.1, 0.15) is 28.9 Å². The Morgan fingerprint density at radius 2 is 1.24 bits per heavy atom. The lowest BCUT2D eigenvalue weighted by Gasteiger charge is -2.16. The van der Waals surface area contributed by atoms with Gasteiger partial charge < -0.3 is 24.0 Å². The van der Waals surface area contributed by atoms with Gasteiger partial charge in [-0.25, -0.2) is 19.9 Å². The SMILES string of the molecule is C=CC(=O)N1CC(Cc2ncc3cc(-c4c(Cl)c(CC)cc(OC)c4Cl)ccc3n2)c2ccccc21.C=CC(=O)N1C[C@@H](Cc2ncc3cc(-c4c(Cl)c(OC)cc(OC)c4Cl)ccc3n2)C2(CC2)C1. The predicted octanol–water partition coefficient (Wildman–Crippen LogP) is 12.6. The zero-order chi connectivity index (χ0) is 49.4. The van der Waals surface area contributed by atoms with Crippen molar-refractivity contribution in [3.63, 3.8) is 0 Å². The molecule has 7 aromatic rings. The van der Waals surface area contributed by atoms with E-state index in [9.17, 15) is 9.59 Å². The van der Waals surface area contributed by atoms with Crippen LogP contribution in [0.1, 0.15) is 48.5 Å². The fourth-order valence-electron chi connectivity index (χ4n) is 9.88. The molecule has 3 aliphatic rings. The average Bonchev–Trinajstić information content (AvgIpc) is 3.96. The zero-order valence-electron chi connectivity index (χ0n) is 39.2. The Labute approximate surface area is 427 Å². The molecule has 1 aliphatic carbocycles. The Balaban J connectivity index is 0.000000174. The van der Waals surface area contributed by atoms with E-state index in [1.165, 1.54) is 12.2 Å². The smallest absolute Gasteiger partial charge is 0.250 e. The highest BCUT2D eigenvalue weighted by molar-refractivity contribution is 6.41. The molecule has 2 atom stereocenters. The number of carbonyl (C=O) groups excluding carboxylic acids is 2. The normalized spacial score (nSPS) is 16.5. The minimum Gasteiger partial charge on any atom is -0.495 e. The third-order valence-electron chi connectivity index (χ3n) is 13.8. The lowest BCUT2D eigenvalue weighted by atomic mass is 9.89. The minimum atomic E-state index is -0.0991. The highest BCUT2D eigenvalue weighted by atomic mass is 35.5. The van der Waals surface area contributed by atoms with E-state index in [1.54, 1.807) is 32.3 Å². The van der Waals surface area contributed by atoms with Gasteiger partial charge in [-0.3, -0.25) is 9.59 Å². The van der Waals surface area contributed by atoms with Gasteiger partial charge in [-0.05, 0) is 101 Å². The molecule has 2 amide bonds. The van der Waals surface area contributed by atoms with Crippen LogP contribution in [0.4, 0.5) is 5.69 Å². The second-order valence-electron chi connectivity index (χ2n) is 17.8. The predicted molar refractivity (Wildman–Crippen MR) is 280 cm³/mol. The number of ether oxygens (including phenoxy) is 3. The van der Waals surface area contributed by atoms with Gasteiger partial charge in [-0.15, -0.1) is 0 Å². The summed E-state index contributed by atoms with van der Waals surface area (Å²) in [5.74, 6) is 3.49. The Hall–Kier alpha value is -6.24. The van der Waals surface area contributed by atoms with Crippen LogP contribution in [0.2, 0.25) is 20.1 Å². The van der Waals surface area contributed by atoms with E-state index in [4.69, 9.17) is 70.6 Å². The van der Waals surface area contributed by atoms with E-state index in [2.05, 4.69) is 29.2 Å². The highest BCUT2D eigenvalue weighted by Crippen LogP contribution is 2.57. The standard InChI is InChI=1S/C29H25Cl2N3O2.C26H25Cl2N3O3/c1-4-17-13-24(36-3)29(31)27(28(17)30)18-10-11-22-19(12-18)15-32-25(33-22)14-20-16-34(26(35)5-2)23-9-7-6-8-21(20)23;1-4-22(32)31-13-17(26(14-31)7-8-26)10-21-29-12-16-9-15(5-6-18(16)30-21)23-24(27)19(33-2)11-20(34-3)25(23)28/h5-13,15,20H,2,4,14,16H2,1,3H3;4-6,9,11-12,17H,1,7-8,10,13-14H2,2-3H3/t;17-/m.1/s1. The number of hydrogen-bond acceptors (Lipinski definition) is 9. The average molecular weight is 1020 g/mol. The summed E-state index contributed by atoms with van der Waals surface area (Å²) in [4.78, 5) is 47.1. The third-order valence-corrected chi connectivity index (χ3v) is 15.4. The summed E-state index contributed by atoms with van der Waals surface area (Å²) in [5.41, 5.74) is 8.01. The number of nitrogens with zero attached hydrogens (tertiary/aromatic N) is 6. The van der Waals surface area contributed by atoms with Gasteiger partial charge in [-0.2, -0.15) is 0 Å². The van der Waals surface area contributed by atoms with Gasteiger partial charge in [0.2, 0.25) is 11.8 Å². The van der Waals surface area contributed by atoms with Crippen molar-refractivity contribution in [2.24, 2.45) is 11.3 Å². The second-order valence-corrected chi connectivity index (χ2v) is 19.3. The number of para-hydroxylation sites is 1. The molecule has 15 heteroatoms. The van der Waals surface area contributed by atoms with Crippen LogP contribution < -0.4 is 19.1 Å². The largest absolute Gasteiger partial charge is 0.495 e.